The molecule has 0 aliphatic carbocycles. The molecule has 1 fully saturated rings. The van der Waals surface area contributed by atoms with Crippen LogP contribution in [-0.4, -0.2) is 46.3 Å². The number of carbonyl (C=O) groups excluding carboxylic acids is 1. The van der Waals surface area contributed by atoms with E-state index in [2.05, 4.69) is 10.3 Å². The van der Waals surface area contributed by atoms with E-state index in [0.29, 0.717) is 0 Å². The molecule has 2 aromatic rings. The molecule has 0 radical (unpaired) electrons. The van der Waals surface area contributed by atoms with Crippen molar-refractivity contribution >= 4 is 21.3 Å². The zero-order valence-corrected chi connectivity index (χ0v) is 19.3. The molecule has 13 heteroatoms. The van der Waals surface area contributed by atoms with Gasteiger partial charge >= 0.3 is 6.18 Å². The van der Waals surface area contributed by atoms with Gasteiger partial charge in [-0.3, -0.25) is 4.79 Å². The summed E-state index contributed by atoms with van der Waals surface area (Å²) in [4.78, 5) is 16.9. The lowest BCUT2D eigenvalue weighted by atomic mass is 9.77. The standard InChI is InChI=1S/C21H22F5N3O4S/c1-10-15(12-5-6-13(22)16(23)17(12)32-3)18(33-20(10,2)21(24,25)26)19(30)29-11-7-8-28-14(9-11)34(4,27)31/h5-10,15,18,27H,1-4H3,(H,28,29,30)/t10-,15-,18+,20+,34+/m0/s1. The fraction of sp³-hybridized carbons (Fsp3) is 0.429. The first-order valence-corrected chi connectivity index (χ1v) is 11.9. The smallest absolute Gasteiger partial charge is 0.417 e. The molecule has 1 aliphatic heterocycles. The highest BCUT2D eigenvalue weighted by Gasteiger charge is 2.65. The molecule has 0 spiro atoms. The van der Waals surface area contributed by atoms with E-state index in [9.17, 15) is 31.0 Å². The van der Waals surface area contributed by atoms with Crippen molar-refractivity contribution < 1.29 is 40.4 Å². The minimum absolute atomic E-state index is 0.0182. The topological polar surface area (TPSA) is 101 Å². The third-order valence-electron chi connectivity index (χ3n) is 5.97. The number of hydrogen-bond donors (Lipinski definition) is 2. The first-order valence-electron chi connectivity index (χ1n) is 9.89. The molecule has 186 valence electrons. The van der Waals surface area contributed by atoms with Crippen molar-refractivity contribution in [2.45, 2.75) is 42.7 Å². The number of nitrogens with zero attached hydrogens (tertiary/aromatic N) is 1. The average molecular weight is 507 g/mol. The van der Waals surface area contributed by atoms with Crippen molar-refractivity contribution in [1.29, 1.82) is 4.78 Å². The van der Waals surface area contributed by atoms with Crippen LogP contribution in [0.15, 0.2) is 35.5 Å². The van der Waals surface area contributed by atoms with Gasteiger partial charge in [-0.05, 0) is 25.1 Å². The van der Waals surface area contributed by atoms with Gasteiger partial charge in [0.1, 0.15) is 11.1 Å². The number of alkyl halides is 3. The van der Waals surface area contributed by atoms with Crippen LogP contribution in [0.1, 0.15) is 25.3 Å². The lowest BCUT2D eigenvalue weighted by Gasteiger charge is -2.32. The molecule has 1 aromatic heterocycles. The SMILES string of the molecule is COc1c([C@H]2[C@H](C(=O)Nc3ccnc([S@](C)(=N)=O)c3)O[C@@](C)(C(F)(F)F)[C@H]2C)ccc(F)c1F. The van der Waals surface area contributed by atoms with Gasteiger partial charge in [-0.25, -0.2) is 18.4 Å². The first kappa shape index (κ1) is 25.8. The number of ether oxygens (including phenoxy) is 2. The highest BCUT2D eigenvalue weighted by Crippen LogP contribution is 2.55. The number of benzene rings is 1. The molecule has 34 heavy (non-hydrogen) atoms. The van der Waals surface area contributed by atoms with E-state index < -0.39 is 62.7 Å². The number of anilines is 1. The highest BCUT2D eigenvalue weighted by molar-refractivity contribution is 7.91. The Morgan fingerprint density at radius 1 is 1.29 bits per heavy atom. The Balaban J connectivity index is 2.08. The summed E-state index contributed by atoms with van der Waals surface area (Å²) in [5, 5.41) is 2.23. The van der Waals surface area contributed by atoms with Gasteiger partial charge in [0.25, 0.3) is 5.91 Å². The monoisotopic (exact) mass is 507 g/mol. The summed E-state index contributed by atoms with van der Waals surface area (Å²) in [5.41, 5.74) is -2.94. The van der Waals surface area contributed by atoms with Crippen molar-refractivity contribution in [2.75, 3.05) is 18.7 Å². The Hall–Kier alpha value is -2.80. The fourth-order valence-corrected chi connectivity index (χ4v) is 4.57. The van der Waals surface area contributed by atoms with Crippen molar-refractivity contribution in [3.8, 4) is 5.75 Å². The van der Waals surface area contributed by atoms with Crippen LogP contribution in [0, 0.1) is 22.3 Å². The molecule has 2 N–H and O–H groups in total. The zero-order chi connectivity index (χ0) is 25.6. The number of carbonyl (C=O) groups is 1. The van der Waals surface area contributed by atoms with E-state index in [1.165, 1.54) is 19.2 Å². The minimum Gasteiger partial charge on any atom is -0.493 e. The number of methoxy groups -OCH3 is 1. The third-order valence-corrected chi connectivity index (χ3v) is 6.99. The van der Waals surface area contributed by atoms with Crippen LogP contribution in [0.5, 0.6) is 5.75 Å². The Kier molecular flexibility index (Phi) is 6.66. The molecule has 2 heterocycles. The number of rotatable bonds is 5. The molecule has 1 aliphatic rings. The van der Waals surface area contributed by atoms with Gasteiger partial charge in [0.15, 0.2) is 17.2 Å². The van der Waals surface area contributed by atoms with Gasteiger partial charge in [-0.1, -0.05) is 13.0 Å². The summed E-state index contributed by atoms with van der Waals surface area (Å²) in [6, 6.07) is 4.24. The normalized spacial score (nSPS) is 26.7. The van der Waals surface area contributed by atoms with E-state index in [1.807, 2.05) is 0 Å². The molecule has 0 bridgehead atoms. The summed E-state index contributed by atoms with van der Waals surface area (Å²) >= 11 is 0. The minimum atomic E-state index is -4.89. The molecular weight excluding hydrogens is 485 g/mol. The van der Waals surface area contributed by atoms with Crippen LogP contribution in [-0.2, 0) is 19.3 Å². The molecule has 1 saturated heterocycles. The van der Waals surface area contributed by atoms with E-state index >= 15 is 0 Å². The maximum Gasteiger partial charge on any atom is 0.417 e. The zero-order valence-electron chi connectivity index (χ0n) is 18.5. The number of amides is 1. The number of hydrogen-bond acceptors (Lipinski definition) is 6. The van der Waals surface area contributed by atoms with Gasteiger partial charge in [-0.15, -0.1) is 0 Å². The van der Waals surface area contributed by atoms with Gasteiger partial charge in [-0.2, -0.15) is 17.6 Å². The molecule has 7 nitrogen and oxygen atoms in total. The van der Waals surface area contributed by atoms with Crippen LogP contribution in [0.25, 0.3) is 0 Å². The molecule has 3 rings (SSSR count). The number of aromatic nitrogens is 1. The maximum atomic E-state index is 14.4. The molecule has 5 atom stereocenters. The van der Waals surface area contributed by atoms with Crippen LogP contribution in [0.2, 0.25) is 0 Å². The molecule has 0 unspecified atom stereocenters. The van der Waals surface area contributed by atoms with Crippen LogP contribution >= 0.6 is 0 Å². The molecule has 1 aromatic carbocycles. The van der Waals surface area contributed by atoms with E-state index in [1.54, 1.807) is 0 Å². The number of nitrogens with one attached hydrogen (secondary N) is 2. The lowest BCUT2D eigenvalue weighted by molar-refractivity contribution is -0.272. The Morgan fingerprint density at radius 2 is 1.94 bits per heavy atom. The van der Waals surface area contributed by atoms with Crippen LogP contribution < -0.4 is 10.1 Å². The van der Waals surface area contributed by atoms with Crippen LogP contribution in [0.3, 0.4) is 0 Å². The van der Waals surface area contributed by atoms with E-state index in [-0.39, 0.29) is 16.3 Å². The highest BCUT2D eigenvalue weighted by atomic mass is 32.2. The largest absolute Gasteiger partial charge is 0.493 e. The molecular formula is C21H22F5N3O4S. The second-order valence-electron chi connectivity index (χ2n) is 8.16. The van der Waals surface area contributed by atoms with Crippen molar-refractivity contribution in [1.82, 2.24) is 4.98 Å². The summed E-state index contributed by atoms with van der Waals surface area (Å²) in [6.45, 7) is 1.98. The Labute approximate surface area is 192 Å². The van der Waals surface area contributed by atoms with E-state index in [0.717, 1.165) is 38.5 Å². The van der Waals surface area contributed by atoms with Gasteiger partial charge in [0.2, 0.25) is 5.82 Å². The second-order valence-corrected chi connectivity index (χ2v) is 10.3. The quantitative estimate of drug-likeness (QED) is 0.581. The summed E-state index contributed by atoms with van der Waals surface area (Å²) in [7, 11) is -2.21. The number of pyridine rings is 1. The fourth-order valence-electron chi connectivity index (χ4n) is 3.95. The predicted octanol–water partition coefficient (Wildman–Crippen LogP) is 4.48. The van der Waals surface area contributed by atoms with E-state index in [4.69, 9.17) is 14.3 Å². The summed E-state index contributed by atoms with van der Waals surface area (Å²) in [5.74, 6) is -7.09. The van der Waals surface area contributed by atoms with Gasteiger partial charge in [0.05, 0.1) is 16.8 Å². The van der Waals surface area contributed by atoms with Crippen molar-refractivity contribution in [2.24, 2.45) is 5.92 Å². The third kappa shape index (κ3) is 4.45. The second kappa shape index (κ2) is 8.77. The van der Waals surface area contributed by atoms with Gasteiger partial charge < -0.3 is 14.8 Å². The van der Waals surface area contributed by atoms with Crippen LogP contribution in [0.4, 0.5) is 27.6 Å². The van der Waals surface area contributed by atoms with Gasteiger partial charge in [0, 0.05) is 35.5 Å². The molecule has 0 saturated carbocycles. The maximum absolute atomic E-state index is 14.4. The van der Waals surface area contributed by atoms with Crippen molar-refractivity contribution in [3.05, 3.63) is 47.7 Å². The summed E-state index contributed by atoms with van der Waals surface area (Å²) in [6.07, 6.45) is -4.38. The Bertz CT molecular complexity index is 1220. The average Bonchev–Trinajstić information content (AvgIpc) is 3.01. The van der Waals surface area contributed by atoms with Crippen molar-refractivity contribution in [3.63, 3.8) is 0 Å². The molecule has 1 amide bonds. The predicted molar refractivity (Wildman–Crippen MR) is 112 cm³/mol. The number of halogens is 5. The Morgan fingerprint density at radius 3 is 2.50 bits per heavy atom. The lowest BCUT2D eigenvalue weighted by Crippen LogP contribution is -2.47. The first-order chi connectivity index (χ1) is 15.6. The summed E-state index contributed by atoms with van der Waals surface area (Å²) < 4.78 is 99.8.